The minimum Gasteiger partial charge on any atom is -0.376 e. The molecule has 0 spiro atoms. The fourth-order valence-corrected chi connectivity index (χ4v) is 2.77. The molecule has 1 unspecified atom stereocenters. The van der Waals surface area contributed by atoms with Gasteiger partial charge in [-0.1, -0.05) is 20.8 Å². The molecule has 0 aliphatic carbocycles. The second kappa shape index (κ2) is 7.65. The first-order valence-electron chi connectivity index (χ1n) is 7.49. The molecule has 0 aliphatic heterocycles. The number of aromatic nitrogens is 2. The van der Waals surface area contributed by atoms with Gasteiger partial charge in [-0.3, -0.25) is 4.68 Å². The summed E-state index contributed by atoms with van der Waals surface area (Å²) in [4.78, 5) is 0. The van der Waals surface area contributed by atoms with Gasteiger partial charge in [0.25, 0.3) is 0 Å². The van der Waals surface area contributed by atoms with Gasteiger partial charge in [0.15, 0.2) is 0 Å². The largest absolute Gasteiger partial charge is 0.376 e. The van der Waals surface area contributed by atoms with Crippen molar-refractivity contribution in [1.29, 1.82) is 0 Å². The lowest BCUT2D eigenvalue weighted by molar-refractivity contribution is -0.0506. The van der Waals surface area contributed by atoms with Crippen molar-refractivity contribution in [3.8, 4) is 0 Å². The smallest absolute Gasteiger partial charge is 0.0882 e. The molecular weight excluding hydrogens is 238 g/mol. The van der Waals surface area contributed by atoms with Gasteiger partial charge in [0.2, 0.25) is 0 Å². The molecule has 0 saturated carbocycles. The van der Waals surface area contributed by atoms with E-state index in [9.17, 15) is 0 Å². The van der Waals surface area contributed by atoms with Crippen LogP contribution in [0, 0.1) is 0 Å². The summed E-state index contributed by atoms with van der Waals surface area (Å²) in [5.74, 6) is 0. The third-order valence-corrected chi connectivity index (χ3v) is 4.07. The molecule has 0 radical (unpaired) electrons. The number of rotatable bonds is 9. The van der Waals surface area contributed by atoms with Crippen LogP contribution in [0.1, 0.15) is 58.7 Å². The van der Waals surface area contributed by atoms with Crippen molar-refractivity contribution in [1.82, 2.24) is 15.1 Å². The SMILES string of the molecule is CCCNC(c1ccnn1CC)C(CC)(CC)OC. The van der Waals surface area contributed by atoms with Crippen LogP contribution in [0.25, 0.3) is 0 Å². The highest BCUT2D eigenvalue weighted by Gasteiger charge is 2.38. The average Bonchev–Trinajstić information content (AvgIpc) is 2.92. The summed E-state index contributed by atoms with van der Waals surface area (Å²) in [6.45, 7) is 10.6. The fraction of sp³-hybridized carbons (Fsp3) is 0.800. The van der Waals surface area contributed by atoms with Crippen LogP contribution >= 0.6 is 0 Å². The summed E-state index contributed by atoms with van der Waals surface area (Å²) in [5, 5.41) is 8.06. The molecule has 0 amide bonds. The van der Waals surface area contributed by atoms with Gasteiger partial charge >= 0.3 is 0 Å². The standard InChI is InChI=1S/C15H29N3O/c1-6-11-16-14(15(7-2,8-3)19-5)13-10-12-17-18(13)9-4/h10,12,14,16H,6-9,11H2,1-5H3. The van der Waals surface area contributed by atoms with Gasteiger partial charge in [0.05, 0.1) is 17.3 Å². The van der Waals surface area contributed by atoms with Crippen molar-refractivity contribution in [2.75, 3.05) is 13.7 Å². The zero-order chi connectivity index (χ0) is 14.3. The molecule has 1 N–H and O–H groups in total. The number of nitrogens with one attached hydrogen (secondary N) is 1. The summed E-state index contributed by atoms with van der Waals surface area (Å²) in [6, 6.07) is 2.30. The third kappa shape index (κ3) is 3.37. The Morgan fingerprint density at radius 1 is 1.32 bits per heavy atom. The predicted octanol–water partition coefficient (Wildman–Crippen LogP) is 3.15. The minimum absolute atomic E-state index is 0.165. The van der Waals surface area contributed by atoms with Crippen molar-refractivity contribution in [2.24, 2.45) is 0 Å². The predicted molar refractivity (Wildman–Crippen MR) is 79.3 cm³/mol. The van der Waals surface area contributed by atoms with Crippen LogP contribution in [0.3, 0.4) is 0 Å². The topological polar surface area (TPSA) is 39.1 Å². The van der Waals surface area contributed by atoms with Crippen molar-refractivity contribution >= 4 is 0 Å². The maximum absolute atomic E-state index is 5.92. The molecule has 110 valence electrons. The van der Waals surface area contributed by atoms with E-state index in [-0.39, 0.29) is 11.6 Å². The van der Waals surface area contributed by atoms with Gasteiger partial charge in [0.1, 0.15) is 0 Å². The van der Waals surface area contributed by atoms with Crippen LogP contribution in [-0.4, -0.2) is 29.0 Å². The molecule has 1 heterocycles. The first-order chi connectivity index (χ1) is 9.18. The van der Waals surface area contributed by atoms with Gasteiger partial charge in [-0.25, -0.2) is 0 Å². The average molecular weight is 267 g/mol. The van der Waals surface area contributed by atoms with Crippen LogP contribution in [-0.2, 0) is 11.3 Å². The molecule has 0 saturated heterocycles. The number of methoxy groups -OCH3 is 1. The Bertz CT molecular complexity index is 350. The highest BCUT2D eigenvalue weighted by atomic mass is 16.5. The zero-order valence-electron chi connectivity index (χ0n) is 13.1. The molecule has 4 nitrogen and oxygen atoms in total. The van der Waals surface area contributed by atoms with Gasteiger partial charge < -0.3 is 10.1 Å². The maximum Gasteiger partial charge on any atom is 0.0882 e. The first-order valence-corrected chi connectivity index (χ1v) is 7.49. The van der Waals surface area contributed by atoms with Crippen LogP contribution < -0.4 is 5.32 Å². The minimum atomic E-state index is -0.165. The Kier molecular flexibility index (Phi) is 6.52. The Balaban J connectivity index is 3.12. The summed E-state index contributed by atoms with van der Waals surface area (Å²) >= 11 is 0. The van der Waals surface area contributed by atoms with Gasteiger partial charge in [-0.15, -0.1) is 0 Å². The summed E-state index contributed by atoms with van der Waals surface area (Å²) in [7, 11) is 1.82. The molecule has 0 aromatic carbocycles. The van der Waals surface area contributed by atoms with E-state index in [1.807, 2.05) is 13.3 Å². The second-order valence-corrected chi connectivity index (χ2v) is 4.93. The number of nitrogens with zero attached hydrogens (tertiary/aromatic N) is 2. The third-order valence-electron chi connectivity index (χ3n) is 4.07. The molecule has 1 aromatic rings. The number of hydrogen-bond acceptors (Lipinski definition) is 3. The summed E-state index contributed by atoms with van der Waals surface area (Å²) in [5.41, 5.74) is 1.06. The molecular formula is C15H29N3O. The molecule has 1 aromatic heterocycles. The second-order valence-electron chi connectivity index (χ2n) is 4.93. The zero-order valence-corrected chi connectivity index (χ0v) is 13.1. The monoisotopic (exact) mass is 267 g/mol. The van der Waals surface area contributed by atoms with Crippen LogP contribution in [0.15, 0.2) is 12.3 Å². The van der Waals surface area contributed by atoms with Crippen molar-refractivity contribution < 1.29 is 4.74 Å². The molecule has 0 fully saturated rings. The lowest BCUT2D eigenvalue weighted by Crippen LogP contribution is -2.46. The Hall–Kier alpha value is -0.870. The van der Waals surface area contributed by atoms with E-state index in [4.69, 9.17) is 4.74 Å². The van der Waals surface area contributed by atoms with E-state index in [1.54, 1.807) is 0 Å². The van der Waals surface area contributed by atoms with Crippen molar-refractivity contribution in [3.05, 3.63) is 18.0 Å². The Labute approximate surface area is 117 Å². The summed E-state index contributed by atoms with van der Waals surface area (Å²) in [6.07, 6.45) is 4.96. The van der Waals surface area contributed by atoms with Crippen LogP contribution in [0.4, 0.5) is 0 Å². The molecule has 0 aliphatic rings. The number of aryl methyl sites for hydroxylation is 1. The molecule has 1 atom stereocenters. The lowest BCUT2D eigenvalue weighted by atomic mass is 9.86. The molecule has 19 heavy (non-hydrogen) atoms. The van der Waals surface area contributed by atoms with E-state index < -0.39 is 0 Å². The molecule has 4 heteroatoms. The number of hydrogen-bond donors (Lipinski definition) is 1. The fourth-order valence-electron chi connectivity index (χ4n) is 2.77. The maximum atomic E-state index is 5.92. The number of ether oxygens (including phenoxy) is 1. The van der Waals surface area contributed by atoms with E-state index in [0.717, 1.165) is 32.4 Å². The van der Waals surface area contributed by atoms with Gasteiger partial charge in [-0.05, 0) is 38.8 Å². The Morgan fingerprint density at radius 2 is 2.00 bits per heavy atom. The Morgan fingerprint density at radius 3 is 2.47 bits per heavy atom. The van der Waals surface area contributed by atoms with Crippen molar-refractivity contribution in [2.45, 2.75) is 65.1 Å². The van der Waals surface area contributed by atoms with Crippen LogP contribution in [0.2, 0.25) is 0 Å². The summed E-state index contributed by atoms with van der Waals surface area (Å²) < 4.78 is 7.98. The normalized spacial score (nSPS) is 13.7. The van der Waals surface area contributed by atoms with E-state index in [2.05, 4.69) is 48.9 Å². The lowest BCUT2D eigenvalue weighted by Gasteiger charge is -2.39. The van der Waals surface area contributed by atoms with E-state index >= 15 is 0 Å². The molecule has 1 rings (SSSR count). The first kappa shape index (κ1) is 16.2. The highest BCUT2D eigenvalue weighted by Crippen LogP contribution is 2.34. The van der Waals surface area contributed by atoms with Gasteiger partial charge in [0, 0.05) is 19.9 Å². The van der Waals surface area contributed by atoms with E-state index in [0.29, 0.717) is 0 Å². The van der Waals surface area contributed by atoms with Crippen LogP contribution in [0.5, 0.6) is 0 Å². The van der Waals surface area contributed by atoms with Gasteiger partial charge in [-0.2, -0.15) is 5.10 Å². The quantitative estimate of drug-likeness (QED) is 0.747. The molecule has 0 bridgehead atoms. The van der Waals surface area contributed by atoms with E-state index in [1.165, 1.54) is 5.69 Å². The highest BCUT2D eigenvalue weighted by molar-refractivity contribution is 5.13. The van der Waals surface area contributed by atoms with Crippen molar-refractivity contribution in [3.63, 3.8) is 0 Å².